The molecule has 0 spiro atoms. The van der Waals surface area contributed by atoms with E-state index in [1.165, 1.54) is 51.6 Å². The number of hydrogen-bond acceptors (Lipinski definition) is 2. The Morgan fingerprint density at radius 3 is 2.22 bits per heavy atom. The van der Waals surface area contributed by atoms with Crippen molar-refractivity contribution in [1.82, 2.24) is 4.90 Å². The van der Waals surface area contributed by atoms with Gasteiger partial charge in [-0.05, 0) is 76.3 Å². The first-order valence-corrected chi connectivity index (χ1v) is 8.16. The molecule has 2 saturated carbocycles. The maximum Gasteiger partial charge on any atom is 0.0543 e. The van der Waals surface area contributed by atoms with E-state index in [9.17, 15) is 5.11 Å². The molecule has 2 aliphatic carbocycles. The van der Waals surface area contributed by atoms with Gasteiger partial charge in [-0.2, -0.15) is 0 Å². The Morgan fingerprint density at radius 2 is 1.56 bits per heavy atom. The highest BCUT2D eigenvalue weighted by Gasteiger charge is 2.36. The van der Waals surface area contributed by atoms with E-state index >= 15 is 0 Å². The second-order valence-corrected chi connectivity index (χ2v) is 6.49. The van der Waals surface area contributed by atoms with Gasteiger partial charge in [0.2, 0.25) is 0 Å². The molecule has 18 heavy (non-hydrogen) atoms. The number of rotatable bonds is 5. The van der Waals surface area contributed by atoms with Gasteiger partial charge in [-0.3, -0.25) is 0 Å². The number of aliphatic hydroxyl groups is 1. The first kappa shape index (κ1) is 14.3. The summed E-state index contributed by atoms with van der Waals surface area (Å²) in [5.74, 6) is 1.73. The summed E-state index contributed by atoms with van der Waals surface area (Å²) in [6.07, 6.45) is 10.1. The molecule has 2 nitrogen and oxygen atoms in total. The van der Waals surface area contributed by atoms with Crippen LogP contribution in [0.25, 0.3) is 0 Å². The van der Waals surface area contributed by atoms with Crippen LogP contribution in [0.2, 0.25) is 0 Å². The normalized spacial score (nSPS) is 36.7. The summed E-state index contributed by atoms with van der Waals surface area (Å²) in [5.41, 5.74) is 0. The molecule has 0 aromatic rings. The molecule has 106 valence electrons. The zero-order valence-electron chi connectivity index (χ0n) is 12.3. The van der Waals surface area contributed by atoms with Crippen molar-refractivity contribution in [2.24, 2.45) is 11.8 Å². The molecule has 0 heterocycles. The molecule has 0 aliphatic heterocycles. The van der Waals surface area contributed by atoms with E-state index in [0.717, 1.165) is 30.7 Å². The third kappa shape index (κ3) is 3.48. The number of aliphatic hydroxyl groups excluding tert-OH is 1. The first-order chi connectivity index (χ1) is 8.74. The molecule has 2 fully saturated rings. The predicted molar refractivity (Wildman–Crippen MR) is 76.6 cm³/mol. The van der Waals surface area contributed by atoms with Crippen LogP contribution in [-0.2, 0) is 0 Å². The molecule has 0 amide bonds. The Hall–Kier alpha value is -0.0800. The van der Waals surface area contributed by atoms with Crippen molar-refractivity contribution < 1.29 is 5.11 Å². The van der Waals surface area contributed by atoms with Gasteiger partial charge < -0.3 is 10.0 Å². The van der Waals surface area contributed by atoms with Crippen LogP contribution in [0.1, 0.15) is 65.2 Å². The third-order valence-electron chi connectivity index (χ3n) is 5.10. The highest BCUT2D eigenvalue weighted by atomic mass is 16.3. The molecule has 2 aliphatic rings. The lowest BCUT2D eigenvalue weighted by atomic mass is 9.68. The zero-order chi connectivity index (χ0) is 13.0. The molecule has 0 aromatic heterocycles. The molecular weight excluding hydrogens is 222 g/mol. The second kappa shape index (κ2) is 6.91. The average Bonchev–Trinajstić information content (AvgIpc) is 2.37. The van der Waals surface area contributed by atoms with Gasteiger partial charge in [-0.25, -0.2) is 0 Å². The van der Waals surface area contributed by atoms with E-state index in [-0.39, 0.29) is 6.10 Å². The van der Waals surface area contributed by atoms with Crippen LogP contribution in [0.15, 0.2) is 0 Å². The van der Waals surface area contributed by atoms with E-state index in [4.69, 9.17) is 0 Å². The van der Waals surface area contributed by atoms with Gasteiger partial charge >= 0.3 is 0 Å². The largest absolute Gasteiger partial charge is 0.393 e. The summed E-state index contributed by atoms with van der Waals surface area (Å²) >= 11 is 0. The molecule has 4 atom stereocenters. The van der Waals surface area contributed by atoms with Crippen molar-refractivity contribution in [1.29, 1.82) is 0 Å². The van der Waals surface area contributed by atoms with Crippen LogP contribution in [0.5, 0.6) is 0 Å². The lowest BCUT2D eigenvalue weighted by Crippen LogP contribution is -2.44. The highest BCUT2D eigenvalue weighted by molar-refractivity contribution is 4.89. The van der Waals surface area contributed by atoms with Crippen LogP contribution in [0.3, 0.4) is 0 Å². The van der Waals surface area contributed by atoms with Crippen LogP contribution in [0.4, 0.5) is 0 Å². The molecule has 0 saturated heterocycles. The van der Waals surface area contributed by atoms with Crippen molar-refractivity contribution in [2.75, 3.05) is 13.1 Å². The Kier molecular flexibility index (Phi) is 5.50. The number of fused-ring (bicyclic) bond motifs is 1. The molecule has 3 unspecified atom stereocenters. The summed E-state index contributed by atoms with van der Waals surface area (Å²) < 4.78 is 0. The summed E-state index contributed by atoms with van der Waals surface area (Å²) in [6, 6.07) is 0.802. The first-order valence-electron chi connectivity index (χ1n) is 8.16. The molecule has 2 heteroatoms. The molecule has 0 aromatic carbocycles. The average molecular weight is 253 g/mol. The fourth-order valence-electron chi connectivity index (χ4n) is 4.23. The minimum atomic E-state index is -0.00389. The Bertz CT molecular complexity index is 237. The van der Waals surface area contributed by atoms with Gasteiger partial charge in [0, 0.05) is 6.04 Å². The molecule has 0 bridgehead atoms. The van der Waals surface area contributed by atoms with E-state index in [2.05, 4.69) is 18.7 Å². The van der Waals surface area contributed by atoms with Crippen molar-refractivity contribution in [2.45, 2.75) is 77.4 Å². The van der Waals surface area contributed by atoms with E-state index in [1.54, 1.807) is 0 Å². The Morgan fingerprint density at radius 1 is 0.889 bits per heavy atom. The van der Waals surface area contributed by atoms with E-state index < -0.39 is 0 Å². The van der Waals surface area contributed by atoms with Crippen LogP contribution < -0.4 is 0 Å². The van der Waals surface area contributed by atoms with Crippen molar-refractivity contribution in [3.8, 4) is 0 Å². The zero-order valence-corrected chi connectivity index (χ0v) is 12.3. The summed E-state index contributed by atoms with van der Waals surface area (Å²) in [4.78, 5) is 2.72. The van der Waals surface area contributed by atoms with Gasteiger partial charge in [0.05, 0.1) is 6.10 Å². The Balaban J connectivity index is 1.90. The molecule has 2 rings (SSSR count). The van der Waals surface area contributed by atoms with Crippen molar-refractivity contribution in [3.63, 3.8) is 0 Å². The van der Waals surface area contributed by atoms with E-state index in [0.29, 0.717) is 0 Å². The predicted octanol–water partition coefficient (Wildman–Crippen LogP) is 3.44. The standard InChI is InChI=1S/C16H31NO/c1-3-9-17(10-4-2)15-7-5-13-6-8-16(18)12-14(13)11-15/h13-16,18H,3-12H2,1-2H3/t13?,14?,15-,16?/m1/s1. The Labute approximate surface area is 113 Å². The third-order valence-corrected chi connectivity index (χ3v) is 5.10. The highest BCUT2D eigenvalue weighted by Crippen LogP contribution is 2.41. The maximum absolute atomic E-state index is 9.87. The van der Waals surface area contributed by atoms with Gasteiger partial charge in [0.15, 0.2) is 0 Å². The van der Waals surface area contributed by atoms with Gasteiger partial charge in [-0.15, -0.1) is 0 Å². The van der Waals surface area contributed by atoms with Crippen molar-refractivity contribution >= 4 is 0 Å². The lowest BCUT2D eigenvalue weighted by Gasteiger charge is -2.44. The minimum Gasteiger partial charge on any atom is -0.393 e. The van der Waals surface area contributed by atoms with Gasteiger partial charge in [0.25, 0.3) is 0 Å². The topological polar surface area (TPSA) is 23.5 Å². The fourth-order valence-corrected chi connectivity index (χ4v) is 4.23. The fraction of sp³-hybridized carbons (Fsp3) is 1.00. The number of nitrogens with zero attached hydrogens (tertiary/aromatic N) is 1. The summed E-state index contributed by atoms with van der Waals surface area (Å²) in [6.45, 7) is 7.11. The van der Waals surface area contributed by atoms with Gasteiger partial charge in [-0.1, -0.05) is 13.8 Å². The molecule has 1 N–H and O–H groups in total. The number of hydrogen-bond donors (Lipinski definition) is 1. The SMILES string of the molecule is CCCN(CCC)[C@@H]1CCC2CCC(O)CC2C1. The maximum atomic E-state index is 9.87. The second-order valence-electron chi connectivity index (χ2n) is 6.49. The molecule has 0 radical (unpaired) electrons. The monoisotopic (exact) mass is 253 g/mol. The van der Waals surface area contributed by atoms with Crippen molar-refractivity contribution in [3.05, 3.63) is 0 Å². The molecular formula is C16H31NO. The summed E-state index contributed by atoms with van der Waals surface area (Å²) in [5, 5.41) is 9.87. The minimum absolute atomic E-state index is 0.00389. The summed E-state index contributed by atoms with van der Waals surface area (Å²) in [7, 11) is 0. The quantitative estimate of drug-likeness (QED) is 0.811. The smallest absolute Gasteiger partial charge is 0.0543 e. The van der Waals surface area contributed by atoms with E-state index in [1.807, 2.05) is 0 Å². The lowest BCUT2D eigenvalue weighted by molar-refractivity contribution is 0.0178. The van der Waals surface area contributed by atoms with Crippen LogP contribution in [-0.4, -0.2) is 35.2 Å². The van der Waals surface area contributed by atoms with Gasteiger partial charge in [0.1, 0.15) is 0 Å². The van der Waals surface area contributed by atoms with Crippen LogP contribution in [0, 0.1) is 11.8 Å². The van der Waals surface area contributed by atoms with Crippen LogP contribution >= 0.6 is 0 Å².